The topological polar surface area (TPSA) is 80.2 Å². The van der Waals surface area contributed by atoms with Crippen LogP contribution in [0.15, 0.2) is 16.4 Å². The molecule has 0 unspecified atom stereocenters. The molecule has 14 heavy (non-hydrogen) atoms. The van der Waals surface area contributed by atoms with E-state index in [1.54, 1.807) is 6.26 Å². The summed E-state index contributed by atoms with van der Waals surface area (Å²) < 4.78 is 22.5. The van der Waals surface area contributed by atoms with E-state index < -0.39 is 9.84 Å². The van der Waals surface area contributed by atoms with Crippen LogP contribution in [0.3, 0.4) is 0 Å². The van der Waals surface area contributed by atoms with E-state index in [2.05, 4.69) is 9.97 Å². The predicted molar refractivity (Wildman–Crippen MR) is 52.8 cm³/mol. The summed E-state index contributed by atoms with van der Waals surface area (Å²) in [5.74, 6) is 0. The Balaban J connectivity index is 3.37. The Kier molecular flexibility index (Phi) is 3.46. The van der Waals surface area contributed by atoms with Gasteiger partial charge in [0.05, 0.1) is 6.61 Å². The molecule has 0 saturated heterocycles. The summed E-state index contributed by atoms with van der Waals surface area (Å²) in [6, 6.07) is 0. The Morgan fingerprint density at radius 1 is 1.57 bits per heavy atom. The van der Waals surface area contributed by atoms with Crippen LogP contribution in [0.4, 0.5) is 0 Å². The minimum atomic E-state index is -3.40. The van der Waals surface area contributed by atoms with Crippen LogP contribution >= 0.6 is 11.8 Å². The van der Waals surface area contributed by atoms with Gasteiger partial charge in [0.15, 0.2) is 20.0 Å². The summed E-state index contributed by atoms with van der Waals surface area (Å²) in [6.45, 7) is -0.378. The van der Waals surface area contributed by atoms with Gasteiger partial charge in [-0.25, -0.2) is 18.4 Å². The molecule has 78 valence electrons. The van der Waals surface area contributed by atoms with Gasteiger partial charge < -0.3 is 5.11 Å². The average molecular weight is 234 g/mol. The van der Waals surface area contributed by atoms with Crippen LogP contribution in [-0.2, 0) is 16.4 Å². The highest BCUT2D eigenvalue weighted by atomic mass is 32.2. The van der Waals surface area contributed by atoms with E-state index in [0.29, 0.717) is 5.16 Å². The van der Waals surface area contributed by atoms with E-state index in [-0.39, 0.29) is 17.2 Å². The summed E-state index contributed by atoms with van der Waals surface area (Å²) >= 11 is 1.25. The highest BCUT2D eigenvalue weighted by Crippen LogP contribution is 2.16. The van der Waals surface area contributed by atoms with Gasteiger partial charge in [-0.1, -0.05) is 11.8 Å². The molecule has 1 N–H and O–H groups in total. The first-order valence-corrected chi connectivity index (χ1v) is 6.81. The monoisotopic (exact) mass is 234 g/mol. The molecule has 0 atom stereocenters. The molecule has 0 saturated carbocycles. The maximum atomic E-state index is 11.3. The molecule has 0 amide bonds. The normalized spacial score (nSPS) is 11.6. The van der Waals surface area contributed by atoms with Crippen molar-refractivity contribution >= 4 is 21.6 Å². The number of aliphatic hydroxyl groups excluding tert-OH is 1. The van der Waals surface area contributed by atoms with Crippen molar-refractivity contribution in [3.8, 4) is 0 Å². The van der Waals surface area contributed by atoms with Crippen LogP contribution < -0.4 is 0 Å². The minimum Gasteiger partial charge on any atom is -0.392 e. The van der Waals surface area contributed by atoms with Crippen molar-refractivity contribution in [1.29, 1.82) is 0 Å². The molecule has 0 aliphatic rings. The standard InChI is InChI=1S/C7H10N2O3S2/c1-13-7-8-3-5(4-10)6(9-7)14(2,11)12/h3,10H,4H2,1-2H3. The third-order valence-corrected chi connectivity index (χ3v) is 3.12. The summed E-state index contributed by atoms with van der Waals surface area (Å²) in [6.07, 6.45) is 4.13. The minimum absolute atomic E-state index is 0.0978. The van der Waals surface area contributed by atoms with Crippen LogP contribution in [-0.4, -0.2) is 36.0 Å². The van der Waals surface area contributed by atoms with Gasteiger partial charge in [0.1, 0.15) is 0 Å². The third-order valence-electron chi connectivity index (χ3n) is 1.51. The van der Waals surface area contributed by atoms with E-state index in [1.807, 2.05) is 0 Å². The lowest BCUT2D eigenvalue weighted by Crippen LogP contribution is -2.07. The summed E-state index contributed by atoms with van der Waals surface area (Å²) in [5, 5.41) is 9.17. The number of hydrogen-bond acceptors (Lipinski definition) is 6. The summed E-state index contributed by atoms with van der Waals surface area (Å²) in [7, 11) is -3.40. The first-order valence-electron chi connectivity index (χ1n) is 3.70. The zero-order chi connectivity index (χ0) is 10.8. The number of aromatic nitrogens is 2. The lowest BCUT2D eigenvalue weighted by atomic mass is 10.4. The number of sulfone groups is 1. The maximum Gasteiger partial charge on any atom is 0.193 e. The lowest BCUT2D eigenvalue weighted by molar-refractivity contribution is 0.276. The molecule has 1 aromatic rings. The Labute approximate surface area is 86.5 Å². The molecule has 1 rings (SSSR count). The average Bonchev–Trinajstić information content (AvgIpc) is 2.15. The first-order chi connectivity index (χ1) is 6.49. The van der Waals surface area contributed by atoms with E-state index in [9.17, 15) is 8.42 Å². The zero-order valence-corrected chi connectivity index (χ0v) is 9.39. The Morgan fingerprint density at radius 3 is 2.64 bits per heavy atom. The van der Waals surface area contributed by atoms with Crippen LogP contribution in [0, 0.1) is 0 Å². The fourth-order valence-electron chi connectivity index (χ4n) is 0.904. The van der Waals surface area contributed by atoms with Gasteiger partial charge >= 0.3 is 0 Å². The second-order valence-corrected chi connectivity index (χ2v) is 5.32. The Morgan fingerprint density at radius 2 is 2.21 bits per heavy atom. The van der Waals surface area contributed by atoms with Crippen molar-refractivity contribution in [3.05, 3.63) is 11.8 Å². The molecule has 0 aliphatic heterocycles. The van der Waals surface area contributed by atoms with Crippen molar-refractivity contribution in [1.82, 2.24) is 9.97 Å². The molecule has 7 heteroatoms. The van der Waals surface area contributed by atoms with Crippen molar-refractivity contribution < 1.29 is 13.5 Å². The Bertz CT molecular complexity index is 431. The fraction of sp³-hybridized carbons (Fsp3) is 0.429. The van der Waals surface area contributed by atoms with E-state index >= 15 is 0 Å². The van der Waals surface area contributed by atoms with Crippen molar-refractivity contribution in [2.24, 2.45) is 0 Å². The molecular formula is C7H10N2O3S2. The number of thioether (sulfide) groups is 1. The van der Waals surface area contributed by atoms with Crippen molar-refractivity contribution in [2.45, 2.75) is 16.8 Å². The van der Waals surface area contributed by atoms with E-state index in [4.69, 9.17) is 5.11 Å². The van der Waals surface area contributed by atoms with Crippen LogP contribution in [0.5, 0.6) is 0 Å². The number of aliphatic hydroxyl groups is 1. The molecular weight excluding hydrogens is 224 g/mol. The molecule has 0 fully saturated rings. The second-order valence-electron chi connectivity index (χ2n) is 2.62. The van der Waals surface area contributed by atoms with Crippen LogP contribution in [0.25, 0.3) is 0 Å². The number of nitrogens with zero attached hydrogens (tertiary/aromatic N) is 2. The zero-order valence-electron chi connectivity index (χ0n) is 7.76. The van der Waals surface area contributed by atoms with Gasteiger partial charge in [-0.2, -0.15) is 0 Å². The van der Waals surface area contributed by atoms with E-state index in [1.165, 1.54) is 18.0 Å². The van der Waals surface area contributed by atoms with E-state index in [0.717, 1.165) is 6.26 Å². The Hall–Kier alpha value is -0.660. The van der Waals surface area contributed by atoms with Gasteiger partial charge in [-0.3, -0.25) is 0 Å². The van der Waals surface area contributed by atoms with Gasteiger partial charge in [0, 0.05) is 18.0 Å². The van der Waals surface area contributed by atoms with Crippen LogP contribution in [0.1, 0.15) is 5.56 Å². The predicted octanol–water partition coefficient (Wildman–Crippen LogP) is 0.0943. The molecule has 0 aromatic carbocycles. The molecule has 0 aliphatic carbocycles. The van der Waals surface area contributed by atoms with Crippen molar-refractivity contribution in [3.63, 3.8) is 0 Å². The van der Waals surface area contributed by atoms with Crippen LogP contribution in [0.2, 0.25) is 0 Å². The van der Waals surface area contributed by atoms with Gasteiger partial charge in [-0.15, -0.1) is 0 Å². The molecule has 0 spiro atoms. The maximum absolute atomic E-state index is 11.3. The highest BCUT2D eigenvalue weighted by Gasteiger charge is 2.15. The highest BCUT2D eigenvalue weighted by molar-refractivity contribution is 7.98. The molecule has 0 bridgehead atoms. The second kappa shape index (κ2) is 4.24. The van der Waals surface area contributed by atoms with Gasteiger partial charge in [-0.05, 0) is 6.26 Å². The first kappa shape index (κ1) is 11.4. The smallest absolute Gasteiger partial charge is 0.193 e. The van der Waals surface area contributed by atoms with Gasteiger partial charge in [0.25, 0.3) is 0 Å². The molecule has 1 heterocycles. The van der Waals surface area contributed by atoms with Crippen molar-refractivity contribution in [2.75, 3.05) is 12.5 Å². The largest absolute Gasteiger partial charge is 0.392 e. The SMILES string of the molecule is CSc1ncc(CO)c(S(C)(=O)=O)n1. The number of rotatable bonds is 3. The lowest BCUT2D eigenvalue weighted by Gasteiger charge is -2.04. The molecule has 0 radical (unpaired) electrons. The van der Waals surface area contributed by atoms with Gasteiger partial charge in [0.2, 0.25) is 0 Å². The molecule has 5 nitrogen and oxygen atoms in total. The summed E-state index contributed by atoms with van der Waals surface area (Å²) in [4.78, 5) is 7.71. The summed E-state index contributed by atoms with van der Waals surface area (Å²) in [5.41, 5.74) is 0.227. The molecule has 1 aromatic heterocycles. The fourth-order valence-corrected chi connectivity index (χ4v) is 2.15. The number of hydrogen-bond donors (Lipinski definition) is 1. The quantitative estimate of drug-likeness (QED) is 0.454. The third kappa shape index (κ3) is 2.43.